The molecule has 0 radical (unpaired) electrons. The van der Waals surface area contributed by atoms with Gasteiger partial charge in [0.25, 0.3) is 5.91 Å². The standard InChI is InChI=1S/C23H24FN3O4/c1-31-18-8-6-16(7-9-18)22(29)25-10-12-26(13-11-25)23(30)17-14-21(28)27(15-17)20-5-3-2-4-19(20)24/h2-9,17H,10-15H2,1H3. The second kappa shape index (κ2) is 8.75. The number of ether oxygens (including phenoxy) is 1. The molecule has 162 valence electrons. The van der Waals surface area contributed by atoms with E-state index in [-0.39, 0.29) is 36.4 Å². The number of rotatable bonds is 4. The Kier molecular flexibility index (Phi) is 5.88. The lowest BCUT2D eigenvalue weighted by Crippen LogP contribution is -2.52. The number of amides is 3. The van der Waals surface area contributed by atoms with Gasteiger partial charge in [-0.1, -0.05) is 12.1 Å². The first-order valence-electron chi connectivity index (χ1n) is 10.2. The Hall–Kier alpha value is -3.42. The average Bonchev–Trinajstić information content (AvgIpc) is 3.20. The lowest BCUT2D eigenvalue weighted by Gasteiger charge is -2.36. The molecular weight excluding hydrogens is 401 g/mol. The quantitative estimate of drug-likeness (QED) is 0.753. The molecule has 0 saturated carbocycles. The van der Waals surface area contributed by atoms with Crippen LogP contribution in [0.25, 0.3) is 0 Å². The van der Waals surface area contributed by atoms with Crippen molar-refractivity contribution in [1.82, 2.24) is 9.80 Å². The fourth-order valence-corrected chi connectivity index (χ4v) is 4.08. The van der Waals surface area contributed by atoms with Crippen LogP contribution in [-0.2, 0) is 9.59 Å². The third kappa shape index (κ3) is 4.23. The van der Waals surface area contributed by atoms with Gasteiger partial charge in [-0.15, -0.1) is 0 Å². The number of methoxy groups -OCH3 is 1. The van der Waals surface area contributed by atoms with Crippen LogP contribution in [-0.4, -0.2) is 67.4 Å². The Bertz CT molecular complexity index is 987. The summed E-state index contributed by atoms with van der Waals surface area (Å²) in [6.07, 6.45) is 0.0676. The van der Waals surface area contributed by atoms with Gasteiger partial charge in [-0.3, -0.25) is 14.4 Å². The van der Waals surface area contributed by atoms with Crippen LogP contribution < -0.4 is 9.64 Å². The van der Waals surface area contributed by atoms with Gasteiger partial charge < -0.3 is 19.4 Å². The van der Waals surface area contributed by atoms with Gasteiger partial charge in [0.05, 0.1) is 18.7 Å². The molecule has 4 rings (SSSR count). The molecule has 2 heterocycles. The third-order valence-corrected chi connectivity index (χ3v) is 5.83. The van der Waals surface area contributed by atoms with E-state index in [1.165, 1.54) is 11.0 Å². The number of carbonyl (C=O) groups excluding carboxylic acids is 3. The van der Waals surface area contributed by atoms with Crippen LogP contribution in [0.1, 0.15) is 16.8 Å². The molecule has 0 spiro atoms. The van der Waals surface area contributed by atoms with Crippen molar-refractivity contribution in [3.8, 4) is 5.75 Å². The minimum Gasteiger partial charge on any atom is -0.497 e. The van der Waals surface area contributed by atoms with Gasteiger partial charge in [-0.25, -0.2) is 4.39 Å². The summed E-state index contributed by atoms with van der Waals surface area (Å²) in [5, 5.41) is 0. The molecule has 0 aromatic heterocycles. The molecule has 0 bridgehead atoms. The summed E-state index contributed by atoms with van der Waals surface area (Å²) in [5.74, 6) is -0.759. The predicted molar refractivity (Wildman–Crippen MR) is 112 cm³/mol. The molecule has 1 unspecified atom stereocenters. The second-order valence-electron chi connectivity index (χ2n) is 7.70. The molecule has 31 heavy (non-hydrogen) atoms. The maximum Gasteiger partial charge on any atom is 0.253 e. The van der Waals surface area contributed by atoms with Crippen molar-refractivity contribution in [2.75, 3.05) is 44.7 Å². The normalized spacial score (nSPS) is 19.0. The lowest BCUT2D eigenvalue weighted by atomic mass is 10.1. The van der Waals surface area contributed by atoms with Gasteiger partial charge in [-0.2, -0.15) is 0 Å². The van der Waals surface area contributed by atoms with E-state index >= 15 is 0 Å². The van der Waals surface area contributed by atoms with Crippen molar-refractivity contribution in [1.29, 1.82) is 0 Å². The fraction of sp³-hybridized carbons (Fsp3) is 0.348. The largest absolute Gasteiger partial charge is 0.497 e. The number of nitrogens with zero attached hydrogens (tertiary/aromatic N) is 3. The summed E-state index contributed by atoms with van der Waals surface area (Å²) < 4.78 is 19.2. The van der Waals surface area contributed by atoms with Gasteiger partial charge >= 0.3 is 0 Å². The van der Waals surface area contributed by atoms with E-state index in [0.29, 0.717) is 37.5 Å². The highest BCUT2D eigenvalue weighted by Crippen LogP contribution is 2.28. The predicted octanol–water partition coefficient (Wildman–Crippen LogP) is 2.17. The minimum absolute atomic E-state index is 0.0676. The number of para-hydroxylation sites is 1. The van der Waals surface area contributed by atoms with E-state index in [1.807, 2.05) is 0 Å². The van der Waals surface area contributed by atoms with Crippen molar-refractivity contribution in [2.24, 2.45) is 5.92 Å². The van der Waals surface area contributed by atoms with Crippen LogP contribution in [0.15, 0.2) is 48.5 Å². The smallest absolute Gasteiger partial charge is 0.253 e. The summed E-state index contributed by atoms with van der Waals surface area (Å²) in [5.41, 5.74) is 0.778. The number of hydrogen-bond donors (Lipinski definition) is 0. The van der Waals surface area contributed by atoms with E-state index in [0.717, 1.165) is 0 Å². The first-order chi connectivity index (χ1) is 15.0. The lowest BCUT2D eigenvalue weighted by molar-refractivity contribution is -0.137. The first kappa shape index (κ1) is 20.8. The first-order valence-corrected chi connectivity index (χ1v) is 10.2. The molecule has 2 aromatic rings. The highest BCUT2D eigenvalue weighted by molar-refractivity contribution is 6.00. The van der Waals surface area contributed by atoms with Crippen molar-refractivity contribution in [3.05, 3.63) is 59.9 Å². The van der Waals surface area contributed by atoms with Gasteiger partial charge in [0.1, 0.15) is 11.6 Å². The summed E-state index contributed by atoms with van der Waals surface area (Å²) in [6.45, 7) is 1.84. The maximum absolute atomic E-state index is 14.1. The SMILES string of the molecule is COc1ccc(C(=O)N2CCN(C(=O)C3CC(=O)N(c4ccccc4F)C3)CC2)cc1. The highest BCUT2D eigenvalue weighted by atomic mass is 19.1. The average molecular weight is 425 g/mol. The van der Waals surface area contributed by atoms with Crippen molar-refractivity contribution in [3.63, 3.8) is 0 Å². The number of piperazine rings is 1. The van der Waals surface area contributed by atoms with Crippen molar-refractivity contribution >= 4 is 23.4 Å². The van der Waals surface area contributed by atoms with Crippen molar-refractivity contribution in [2.45, 2.75) is 6.42 Å². The summed E-state index contributed by atoms with van der Waals surface area (Å²) in [7, 11) is 1.57. The molecule has 1 atom stereocenters. The van der Waals surface area contributed by atoms with Crippen LogP contribution in [0.4, 0.5) is 10.1 Å². The van der Waals surface area contributed by atoms with Crippen molar-refractivity contribution < 1.29 is 23.5 Å². The maximum atomic E-state index is 14.1. The molecular formula is C23H24FN3O4. The fourth-order valence-electron chi connectivity index (χ4n) is 4.08. The zero-order chi connectivity index (χ0) is 22.0. The van der Waals surface area contributed by atoms with Gasteiger partial charge in [0.2, 0.25) is 11.8 Å². The van der Waals surface area contributed by atoms with Gasteiger partial charge in [0, 0.05) is 44.7 Å². The molecule has 2 aliphatic rings. The van der Waals surface area contributed by atoms with Gasteiger partial charge in [-0.05, 0) is 36.4 Å². The van der Waals surface area contributed by atoms with Crippen LogP contribution >= 0.6 is 0 Å². The topological polar surface area (TPSA) is 70.2 Å². The van der Waals surface area contributed by atoms with E-state index in [2.05, 4.69) is 0 Å². The Morgan fingerprint density at radius 2 is 1.61 bits per heavy atom. The number of hydrogen-bond acceptors (Lipinski definition) is 4. The number of anilines is 1. The Morgan fingerprint density at radius 1 is 0.968 bits per heavy atom. The summed E-state index contributed by atoms with van der Waals surface area (Å²) in [4.78, 5) is 42.8. The molecule has 8 heteroatoms. The molecule has 2 saturated heterocycles. The van der Waals surface area contributed by atoms with Crippen LogP contribution in [0, 0.1) is 11.7 Å². The summed E-state index contributed by atoms with van der Waals surface area (Å²) in [6, 6.07) is 13.0. The molecule has 0 N–H and O–H groups in total. The Morgan fingerprint density at radius 3 is 2.26 bits per heavy atom. The molecule has 0 aliphatic carbocycles. The monoisotopic (exact) mass is 425 g/mol. The Balaban J connectivity index is 1.34. The van der Waals surface area contributed by atoms with Crippen LogP contribution in [0.5, 0.6) is 5.75 Å². The zero-order valence-electron chi connectivity index (χ0n) is 17.3. The zero-order valence-corrected chi connectivity index (χ0v) is 17.3. The summed E-state index contributed by atoms with van der Waals surface area (Å²) >= 11 is 0. The van der Waals surface area contributed by atoms with Crippen LogP contribution in [0.2, 0.25) is 0 Å². The number of halogens is 1. The van der Waals surface area contributed by atoms with E-state index in [9.17, 15) is 18.8 Å². The third-order valence-electron chi connectivity index (χ3n) is 5.83. The molecule has 7 nitrogen and oxygen atoms in total. The second-order valence-corrected chi connectivity index (χ2v) is 7.70. The molecule has 2 aliphatic heterocycles. The highest BCUT2D eigenvalue weighted by Gasteiger charge is 2.39. The van der Waals surface area contributed by atoms with E-state index < -0.39 is 11.7 Å². The number of carbonyl (C=O) groups is 3. The van der Waals surface area contributed by atoms with E-state index in [1.54, 1.807) is 59.4 Å². The molecule has 2 aromatic carbocycles. The van der Waals surface area contributed by atoms with Gasteiger partial charge in [0.15, 0.2) is 0 Å². The number of benzene rings is 2. The molecule has 2 fully saturated rings. The Labute approximate surface area is 180 Å². The van der Waals surface area contributed by atoms with E-state index in [4.69, 9.17) is 4.74 Å². The van der Waals surface area contributed by atoms with Crippen LogP contribution in [0.3, 0.4) is 0 Å². The minimum atomic E-state index is -0.504. The molecule has 3 amide bonds.